The van der Waals surface area contributed by atoms with Crippen molar-refractivity contribution >= 4 is 34.2 Å². The number of pyridine rings is 1. The summed E-state index contributed by atoms with van der Waals surface area (Å²) in [6.07, 6.45) is 3.71. The van der Waals surface area contributed by atoms with Crippen molar-refractivity contribution in [2.45, 2.75) is 12.8 Å². The van der Waals surface area contributed by atoms with Crippen LogP contribution in [-0.4, -0.2) is 41.5 Å². The van der Waals surface area contributed by atoms with Crippen molar-refractivity contribution < 1.29 is 9.13 Å². The van der Waals surface area contributed by atoms with Gasteiger partial charge in [0.15, 0.2) is 5.17 Å². The van der Waals surface area contributed by atoms with Gasteiger partial charge >= 0.3 is 0 Å². The maximum absolute atomic E-state index is 13.4. The third-order valence-electron chi connectivity index (χ3n) is 4.58. The molecule has 138 valence electrons. The standard InChI is InChI=1S/C19H21ClFN3OS/c1-12-10-24(11-16(12)15-6-4-13(21)8-17(15)20)19(26-3)23-14-5-7-18(25-2)22-9-14/h4-9,12,16H,10-11H2,1-3H3/t12-,16-/m0/s1. The highest BCUT2D eigenvalue weighted by Crippen LogP contribution is 2.37. The lowest BCUT2D eigenvalue weighted by molar-refractivity contribution is 0.398. The zero-order valence-electron chi connectivity index (χ0n) is 14.9. The molecule has 0 bridgehead atoms. The van der Waals surface area contributed by atoms with Gasteiger partial charge in [-0.05, 0) is 35.9 Å². The molecule has 1 aromatic heterocycles. The predicted molar refractivity (Wildman–Crippen MR) is 106 cm³/mol. The highest BCUT2D eigenvalue weighted by Gasteiger charge is 2.33. The Morgan fingerprint density at radius 2 is 2.15 bits per heavy atom. The van der Waals surface area contributed by atoms with Gasteiger partial charge in [-0.2, -0.15) is 0 Å². The molecule has 1 aliphatic rings. The lowest BCUT2D eigenvalue weighted by atomic mass is 9.90. The van der Waals surface area contributed by atoms with Gasteiger partial charge in [0.25, 0.3) is 0 Å². The van der Waals surface area contributed by atoms with Crippen molar-refractivity contribution in [1.82, 2.24) is 9.88 Å². The average Bonchev–Trinajstić information content (AvgIpc) is 3.01. The predicted octanol–water partition coefficient (Wildman–Crippen LogP) is 4.97. The molecule has 1 aromatic carbocycles. The Kier molecular flexibility index (Phi) is 6.04. The second-order valence-corrected chi connectivity index (χ2v) is 7.49. The highest BCUT2D eigenvalue weighted by molar-refractivity contribution is 8.13. The molecule has 1 saturated heterocycles. The first-order valence-electron chi connectivity index (χ1n) is 8.34. The first-order valence-corrected chi connectivity index (χ1v) is 9.94. The van der Waals surface area contributed by atoms with Crippen LogP contribution in [0.2, 0.25) is 5.02 Å². The van der Waals surface area contributed by atoms with E-state index in [2.05, 4.69) is 16.8 Å². The van der Waals surface area contributed by atoms with Gasteiger partial charge in [-0.25, -0.2) is 14.4 Å². The van der Waals surface area contributed by atoms with Crippen LogP contribution >= 0.6 is 23.4 Å². The molecule has 4 nitrogen and oxygen atoms in total. The monoisotopic (exact) mass is 393 g/mol. The minimum atomic E-state index is -0.306. The molecular formula is C19H21ClFN3OS. The summed E-state index contributed by atoms with van der Waals surface area (Å²) in [6, 6.07) is 8.34. The number of ether oxygens (including phenoxy) is 1. The van der Waals surface area contributed by atoms with Crippen LogP contribution in [0.3, 0.4) is 0 Å². The summed E-state index contributed by atoms with van der Waals surface area (Å²) in [5.74, 6) is 0.897. The zero-order chi connectivity index (χ0) is 18.7. The van der Waals surface area contributed by atoms with Crippen LogP contribution in [-0.2, 0) is 0 Å². The second-order valence-electron chi connectivity index (χ2n) is 6.31. The smallest absolute Gasteiger partial charge is 0.213 e. The maximum Gasteiger partial charge on any atom is 0.213 e. The molecule has 2 atom stereocenters. The minimum absolute atomic E-state index is 0.245. The molecule has 0 N–H and O–H groups in total. The zero-order valence-corrected chi connectivity index (χ0v) is 16.5. The van der Waals surface area contributed by atoms with E-state index >= 15 is 0 Å². The summed E-state index contributed by atoms with van der Waals surface area (Å²) in [6.45, 7) is 3.87. The van der Waals surface area contributed by atoms with Gasteiger partial charge in [0.05, 0.1) is 19.0 Å². The van der Waals surface area contributed by atoms with Crippen molar-refractivity contribution in [2.75, 3.05) is 26.5 Å². The number of aliphatic imine (C=N–C) groups is 1. The number of methoxy groups -OCH3 is 1. The lowest BCUT2D eigenvalue weighted by Crippen LogP contribution is -2.26. The van der Waals surface area contributed by atoms with Gasteiger partial charge in [-0.15, -0.1) is 0 Å². The Bertz CT molecular complexity index is 800. The van der Waals surface area contributed by atoms with Crippen molar-refractivity contribution in [3.8, 4) is 5.88 Å². The molecule has 0 radical (unpaired) electrons. The number of likely N-dealkylation sites (tertiary alicyclic amines) is 1. The van der Waals surface area contributed by atoms with Gasteiger partial charge < -0.3 is 9.64 Å². The number of rotatable bonds is 3. The third kappa shape index (κ3) is 4.13. The SMILES string of the molecule is COc1ccc(N=C(SC)N2C[C@H](c3ccc(F)cc3Cl)[C@@H](C)C2)cn1. The van der Waals surface area contributed by atoms with Crippen LogP contribution in [0.25, 0.3) is 0 Å². The van der Waals surface area contributed by atoms with Crippen LogP contribution in [0, 0.1) is 11.7 Å². The Hall–Kier alpha value is -1.79. The van der Waals surface area contributed by atoms with E-state index in [9.17, 15) is 4.39 Å². The Morgan fingerprint density at radius 1 is 1.35 bits per heavy atom. The van der Waals surface area contributed by atoms with E-state index < -0.39 is 0 Å². The van der Waals surface area contributed by atoms with Crippen molar-refractivity contribution in [2.24, 2.45) is 10.9 Å². The van der Waals surface area contributed by atoms with Crippen LogP contribution in [0.5, 0.6) is 5.88 Å². The second kappa shape index (κ2) is 8.27. The van der Waals surface area contributed by atoms with Crippen LogP contribution in [0.1, 0.15) is 18.4 Å². The van der Waals surface area contributed by atoms with Crippen molar-refractivity contribution in [3.05, 3.63) is 52.9 Å². The molecule has 26 heavy (non-hydrogen) atoms. The summed E-state index contributed by atoms with van der Waals surface area (Å²) in [5.41, 5.74) is 1.78. The summed E-state index contributed by atoms with van der Waals surface area (Å²) in [7, 11) is 1.59. The number of amidine groups is 1. The summed E-state index contributed by atoms with van der Waals surface area (Å²) < 4.78 is 18.4. The number of benzene rings is 1. The van der Waals surface area contributed by atoms with Gasteiger partial charge in [-0.3, -0.25) is 0 Å². The van der Waals surface area contributed by atoms with Gasteiger partial charge in [-0.1, -0.05) is 36.4 Å². The Labute approximate surface area is 162 Å². The molecule has 0 amide bonds. The van der Waals surface area contributed by atoms with E-state index in [1.807, 2.05) is 12.3 Å². The number of nitrogens with zero attached hydrogens (tertiary/aromatic N) is 3. The van der Waals surface area contributed by atoms with E-state index in [4.69, 9.17) is 21.3 Å². The maximum atomic E-state index is 13.4. The Morgan fingerprint density at radius 3 is 2.77 bits per heavy atom. The van der Waals surface area contributed by atoms with Crippen LogP contribution < -0.4 is 4.74 Å². The molecule has 0 spiro atoms. The van der Waals surface area contributed by atoms with E-state index in [-0.39, 0.29) is 11.7 Å². The van der Waals surface area contributed by atoms with E-state index in [1.165, 1.54) is 12.1 Å². The fourth-order valence-corrected chi connectivity index (χ4v) is 4.16. The van der Waals surface area contributed by atoms with Gasteiger partial charge in [0.1, 0.15) is 5.82 Å². The molecule has 0 unspecified atom stereocenters. The molecule has 7 heteroatoms. The van der Waals surface area contributed by atoms with E-state index in [0.717, 1.165) is 29.5 Å². The molecule has 2 heterocycles. The quantitative estimate of drug-likeness (QED) is 0.545. The largest absolute Gasteiger partial charge is 0.481 e. The molecule has 0 saturated carbocycles. The minimum Gasteiger partial charge on any atom is -0.481 e. The normalized spacial score (nSPS) is 20.5. The third-order valence-corrected chi connectivity index (χ3v) is 5.62. The van der Waals surface area contributed by atoms with E-state index in [1.54, 1.807) is 37.2 Å². The number of aromatic nitrogens is 1. The van der Waals surface area contributed by atoms with Crippen molar-refractivity contribution in [1.29, 1.82) is 0 Å². The molecule has 0 aliphatic carbocycles. The van der Waals surface area contributed by atoms with Crippen LogP contribution in [0.15, 0.2) is 41.5 Å². The first-order chi connectivity index (χ1) is 12.5. The highest BCUT2D eigenvalue weighted by atomic mass is 35.5. The van der Waals surface area contributed by atoms with Gasteiger partial charge in [0, 0.05) is 30.1 Å². The number of halogens is 2. The average molecular weight is 394 g/mol. The molecule has 1 aliphatic heterocycles. The molecular weight excluding hydrogens is 373 g/mol. The van der Waals surface area contributed by atoms with E-state index in [0.29, 0.717) is 16.8 Å². The number of thioether (sulfide) groups is 1. The topological polar surface area (TPSA) is 37.7 Å². The summed E-state index contributed by atoms with van der Waals surface area (Å²) in [4.78, 5) is 11.2. The van der Waals surface area contributed by atoms with Gasteiger partial charge in [0.2, 0.25) is 5.88 Å². The van der Waals surface area contributed by atoms with Crippen LogP contribution in [0.4, 0.5) is 10.1 Å². The molecule has 3 rings (SSSR count). The fourth-order valence-electron chi connectivity index (χ4n) is 3.25. The summed E-state index contributed by atoms with van der Waals surface area (Å²) in [5, 5.41) is 1.43. The molecule has 1 fully saturated rings. The fraction of sp³-hybridized carbons (Fsp3) is 0.368. The molecule has 2 aromatic rings. The number of hydrogen-bond acceptors (Lipinski definition) is 4. The lowest BCUT2D eigenvalue weighted by Gasteiger charge is -2.19. The summed E-state index contributed by atoms with van der Waals surface area (Å²) >= 11 is 7.88. The first kappa shape index (κ1) is 19.0. The Balaban J connectivity index is 1.80. The number of hydrogen-bond donors (Lipinski definition) is 0. The van der Waals surface area contributed by atoms with Crippen molar-refractivity contribution in [3.63, 3.8) is 0 Å².